The van der Waals surface area contributed by atoms with Gasteiger partial charge in [0.15, 0.2) is 0 Å². The molecule has 0 spiro atoms. The van der Waals surface area contributed by atoms with Gasteiger partial charge in [0.2, 0.25) is 0 Å². The van der Waals surface area contributed by atoms with Gasteiger partial charge in [-0.25, -0.2) is 0 Å². The lowest BCUT2D eigenvalue weighted by Gasteiger charge is -2.28. The summed E-state index contributed by atoms with van der Waals surface area (Å²) in [4.78, 5) is 15.1. The predicted molar refractivity (Wildman–Crippen MR) is 84.4 cm³/mol. The average Bonchev–Trinajstić information content (AvgIpc) is 2.79. The Bertz CT molecular complexity index is 668. The number of nitrogens with one attached hydrogen (secondary N) is 1. The molecule has 0 aromatic heterocycles. The van der Waals surface area contributed by atoms with E-state index in [1.165, 1.54) is 5.39 Å². The maximum Gasteiger partial charge on any atom is 0.254 e. The first kappa shape index (κ1) is 12.8. The molecule has 2 heterocycles. The number of hydrogen-bond donors (Lipinski definition) is 1. The third-order valence-electron chi connectivity index (χ3n) is 4.89. The summed E-state index contributed by atoms with van der Waals surface area (Å²) in [6.45, 7) is 1.97. The molecule has 3 nitrogen and oxygen atoms in total. The molecule has 2 aliphatic heterocycles. The predicted octanol–water partition coefficient (Wildman–Crippen LogP) is 2.81. The van der Waals surface area contributed by atoms with Gasteiger partial charge in [-0.1, -0.05) is 30.3 Å². The molecule has 21 heavy (non-hydrogen) atoms. The zero-order valence-electron chi connectivity index (χ0n) is 12.1. The number of hydrogen-bond acceptors (Lipinski definition) is 2. The molecule has 2 unspecified atom stereocenters. The average molecular weight is 280 g/mol. The second-order valence-corrected chi connectivity index (χ2v) is 6.15. The molecular weight excluding hydrogens is 260 g/mol. The topological polar surface area (TPSA) is 32.3 Å². The van der Waals surface area contributed by atoms with E-state index in [4.69, 9.17) is 0 Å². The van der Waals surface area contributed by atoms with Crippen LogP contribution in [0.1, 0.15) is 29.6 Å². The monoisotopic (exact) mass is 280 g/mol. The summed E-state index contributed by atoms with van der Waals surface area (Å²) in [5.74, 6) is 0.206. The lowest BCUT2D eigenvalue weighted by atomic mass is 10.1. The first-order chi connectivity index (χ1) is 10.3. The van der Waals surface area contributed by atoms with Crippen LogP contribution in [0.15, 0.2) is 42.5 Å². The minimum atomic E-state index is 0.206. The van der Waals surface area contributed by atoms with Crippen molar-refractivity contribution in [3.63, 3.8) is 0 Å². The SMILES string of the molecule is O=C(c1ccc2ccccc2c1)N1C2CCNCC1CC2. The summed E-state index contributed by atoms with van der Waals surface area (Å²) in [5.41, 5.74) is 0.826. The molecule has 0 radical (unpaired) electrons. The number of nitrogens with zero attached hydrogens (tertiary/aromatic N) is 1. The molecule has 0 aliphatic carbocycles. The van der Waals surface area contributed by atoms with Crippen molar-refractivity contribution in [1.29, 1.82) is 0 Å². The van der Waals surface area contributed by atoms with E-state index >= 15 is 0 Å². The molecule has 1 N–H and O–H groups in total. The Morgan fingerprint density at radius 2 is 1.81 bits per heavy atom. The van der Waals surface area contributed by atoms with E-state index in [-0.39, 0.29) is 5.91 Å². The molecule has 2 atom stereocenters. The molecule has 4 rings (SSSR count). The fourth-order valence-corrected chi connectivity index (χ4v) is 3.79. The third-order valence-corrected chi connectivity index (χ3v) is 4.89. The van der Waals surface area contributed by atoms with Gasteiger partial charge >= 0.3 is 0 Å². The number of carbonyl (C=O) groups is 1. The summed E-state index contributed by atoms with van der Waals surface area (Å²) in [5, 5.41) is 5.78. The molecular formula is C18H20N2O. The summed E-state index contributed by atoms with van der Waals surface area (Å²) >= 11 is 0. The number of benzene rings is 2. The number of fused-ring (bicyclic) bond motifs is 3. The number of rotatable bonds is 1. The molecule has 2 aliphatic rings. The van der Waals surface area contributed by atoms with Gasteiger partial charge in [-0.15, -0.1) is 0 Å². The summed E-state index contributed by atoms with van der Waals surface area (Å²) < 4.78 is 0. The fraction of sp³-hybridized carbons (Fsp3) is 0.389. The molecule has 2 bridgehead atoms. The molecule has 2 aromatic carbocycles. The quantitative estimate of drug-likeness (QED) is 0.871. The van der Waals surface area contributed by atoms with Gasteiger partial charge in [0.05, 0.1) is 0 Å². The molecule has 3 heteroatoms. The minimum absolute atomic E-state index is 0.206. The zero-order valence-corrected chi connectivity index (χ0v) is 12.1. The Kier molecular flexibility index (Phi) is 3.15. The van der Waals surface area contributed by atoms with Crippen LogP contribution in [0.3, 0.4) is 0 Å². The smallest absolute Gasteiger partial charge is 0.254 e. The van der Waals surface area contributed by atoms with Crippen molar-refractivity contribution in [2.75, 3.05) is 13.1 Å². The first-order valence-electron chi connectivity index (χ1n) is 7.85. The van der Waals surface area contributed by atoms with Gasteiger partial charge in [-0.3, -0.25) is 4.79 Å². The molecule has 2 saturated heterocycles. The Morgan fingerprint density at radius 1 is 1.00 bits per heavy atom. The van der Waals surface area contributed by atoms with E-state index in [0.717, 1.165) is 43.3 Å². The Hall–Kier alpha value is -1.87. The Labute approximate surface area is 124 Å². The molecule has 2 aromatic rings. The summed E-state index contributed by atoms with van der Waals surface area (Å²) in [7, 11) is 0. The molecule has 0 saturated carbocycles. The second kappa shape index (κ2) is 5.15. The van der Waals surface area contributed by atoms with Crippen LogP contribution in [0.2, 0.25) is 0 Å². The maximum absolute atomic E-state index is 13.0. The van der Waals surface area contributed by atoms with E-state index < -0.39 is 0 Å². The highest BCUT2D eigenvalue weighted by molar-refractivity contribution is 5.99. The highest BCUT2D eigenvalue weighted by Crippen LogP contribution is 2.30. The van der Waals surface area contributed by atoms with Crippen LogP contribution in [0, 0.1) is 0 Å². The van der Waals surface area contributed by atoms with E-state index in [1.807, 2.05) is 24.3 Å². The largest absolute Gasteiger partial charge is 0.331 e. The van der Waals surface area contributed by atoms with E-state index in [0.29, 0.717) is 12.1 Å². The summed E-state index contributed by atoms with van der Waals surface area (Å²) in [6.07, 6.45) is 3.37. The van der Waals surface area contributed by atoms with Crippen molar-refractivity contribution in [1.82, 2.24) is 10.2 Å². The Balaban J connectivity index is 1.69. The normalized spacial score (nSPS) is 25.0. The van der Waals surface area contributed by atoms with Gasteiger partial charge in [-0.05, 0) is 48.7 Å². The van der Waals surface area contributed by atoms with Crippen molar-refractivity contribution in [3.8, 4) is 0 Å². The van der Waals surface area contributed by atoms with Crippen LogP contribution in [0.5, 0.6) is 0 Å². The van der Waals surface area contributed by atoms with E-state index in [9.17, 15) is 4.79 Å². The van der Waals surface area contributed by atoms with Gasteiger partial charge in [0.1, 0.15) is 0 Å². The zero-order chi connectivity index (χ0) is 14.2. The highest BCUT2D eigenvalue weighted by Gasteiger charge is 2.38. The fourth-order valence-electron chi connectivity index (χ4n) is 3.79. The van der Waals surface area contributed by atoms with Gasteiger partial charge in [0, 0.05) is 24.2 Å². The van der Waals surface area contributed by atoms with E-state index in [2.05, 4.69) is 28.4 Å². The lowest BCUT2D eigenvalue weighted by Crippen LogP contribution is -2.42. The van der Waals surface area contributed by atoms with E-state index in [1.54, 1.807) is 0 Å². The van der Waals surface area contributed by atoms with Crippen molar-refractivity contribution in [2.24, 2.45) is 0 Å². The maximum atomic E-state index is 13.0. The van der Waals surface area contributed by atoms with Gasteiger partial charge in [0.25, 0.3) is 5.91 Å². The second-order valence-electron chi connectivity index (χ2n) is 6.15. The summed E-state index contributed by atoms with van der Waals surface area (Å²) in [6, 6.07) is 15.1. The van der Waals surface area contributed by atoms with Crippen molar-refractivity contribution in [2.45, 2.75) is 31.3 Å². The van der Waals surface area contributed by atoms with Crippen LogP contribution in [0.4, 0.5) is 0 Å². The number of carbonyl (C=O) groups excluding carboxylic acids is 1. The third kappa shape index (κ3) is 2.22. The molecule has 108 valence electrons. The highest BCUT2D eigenvalue weighted by atomic mass is 16.2. The lowest BCUT2D eigenvalue weighted by molar-refractivity contribution is 0.0680. The first-order valence-corrected chi connectivity index (χ1v) is 7.85. The minimum Gasteiger partial charge on any atom is -0.331 e. The van der Waals surface area contributed by atoms with Gasteiger partial charge < -0.3 is 10.2 Å². The van der Waals surface area contributed by atoms with Gasteiger partial charge in [-0.2, -0.15) is 0 Å². The molecule has 1 amide bonds. The Morgan fingerprint density at radius 3 is 2.71 bits per heavy atom. The van der Waals surface area contributed by atoms with Crippen LogP contribution in [0.25, 0.3) is 10.8 Å². The standard InChI is InChI=1S/C18H20N2O/c21-18(20-16-7-8-17(20)12-19-10-9-16)15-6-5-13-3-1-2-4-14(13)11-15/h1-6,11,16-17,19H,7-10,12H2. The van der Waals surface area contributed by atoms with Crippen LogP contribution in [-0.4, -0.2) is 36.0 Å². The molecule has 2 fully saturated rings. The van der Waals surface area contributed by atoms with Crippen LogP contribution < -0.4 is 5.32 Å². The van der Waals surface area contributed by atoms with Crippen LogP contribution in [-0.2, 0) is 0 Å². The van der Waals surface area contributed by atoms with Crippen LogP contribution >= 0.6 is 0 Å². The number of amides is 1. The van der Waals surface area contributed by atoms with Crippen molar-refractivity contribution >= 4 is 16.7 Å². The van der Waals surface area contributed by atoms with Crippen molar-refractivity contribution in [3.05, 3.63) is 48.0 Å². The van der Waals surface area contributed by atoms with Crippen molar-refractivity contribution < 1.29 is 4.79 Å².